The molecule has 1 rings (SSSR count). The van der Waals surface area contributed by atoms with Crippen LogP contribution in [0.25, 0.3) is 0 Å². The van der Waals surface area contributed by atoms with E-state index in [1.807, 2.05) is 0 Å². The van der Waals surface area contributed by atoms with E-state index in [0.29, 0.717) is 10.0 Å². The van der Waals surface area contributed by atoms with E-state index in [0.717, 1.165) is 0 Å². The van der Waals surface area contributed by atoms with Gasteiger partial charge in [-0.2, -0.15) is 0 Å². The first-order valence-corrected chi connectivity index (χ1v) is 5.10. The van der Waals surface area contributed by atoms with E-state index in [4.69, 9.17) is 5.73 Å². The van der Waals surface area contributed by atoms with Crippen molar-refractivity contribution in [3.05, 3.63) is 38.3 Å². The van der Waals surface area contributed by atoms with Gasteiger partial charge in [-0.3, -0.25) is 10.1 Å². The number of nitrogens with zero attached hydrogens (tertiary/aromatic N) is 1. The molecule has 0 saturated heterocycles. The topological polar surface area (TPSA) is 89.4 Å². The Bertz CT molecular complexity index is 387. The summed E-state index contributed by atoms with van der Waals surface area (Å²) in [5.41, 5.74) is 6.16. The highest BCUT2D eigenvalue weighted by molar-refractivity contribution is 9.10. The molecule has 0 bridgehead atoms. The SMILES string of the molecule is C[C@@H](O)[C@@H](N)c1ccc(Br)c([N+](=O)[O-])c1.Cl. The third kappa shape index (κ3) is 3.41. The fourth-order valence-electron chi connectivity index (χ4n) is 1.16. The Morgan fingerprint density at radius 3 is 2.56 bits per heavy atom. The summed E-state index contributed by atoms with van der Waals surface area (Å²) in [5.74, 6) is 0. The highest BCUT2D eigenvalue weighted by Crippen LogP contribution is 2.28. The Hall–Kier alpha value is -0.690. The van der Waals surface area contributed by atoms with E-state index in [9.17, 15) is 15.2 Å². The van der Waals surface area contributed by atoms with Gasteiger partial charge in [-0.15, -0.1) is 12.4 Å². The number of nitro benzene ring substituents is 1. The molecule has 0 aliphatic rings. The van der Waals surface area contributed by atoms with Crippen LogP contribution in [0.2, 0.25) is 0 Å². The Labute approximate surface area is 107 Å². The summed E-state index contributed by atoms with van der Waals surface area (Å²) in [6, 6.07) is 3.95. The molecule has 0 spiro atoms. The summed E-state index contributed by atoms with van der Waals surface area (Å²) in [6.45, 7) is 1.54. The molecule has 90 valence electrons. The van der Waals surface area contributed by atoms with Crippen LogP contribution in [0.4, 0.5) is 5.69 Å². The Morgan fingerprint density at radius 1 is 1.56 bits per heavy atom. The minimum absolute atomic E-state index is 0. The van der Waals surface area contributed by atoms with Crippen LogP contribution in [0.1, 0.15) is 18.5 Å². The Kier molecular flexibility index (Phi) is 5.88. The first kappa shape index (κ1) is 15.3. The van der Waals surface area contributed by atoms with Crippen molar-refractivity contribution in [1.29, 1.82) is 0 Å². The molecule has 0 saturated carbocycles. The van der Waals surface area contributed by atoms with Gasteiger partial charge in [-0.25, -0.2) is 0 Å². The third-order valence-electron chi connectivity index (χ3n) is 2.07. The van der Waals surface area contributed by atoms with Crippen LogP contribution in [0.3, 0.4) is 0 Å². The number of hydrogen-bond donors (Lipinski definition) is 2. The van der Waals surface area contributed by atoms with Crippen molar-refractivity contribution in [3.8, 4) is 0 Å². The molecular weight excluding hydrogens is 299 g/mol. The molecule has 1 aromatic rings. The van der Waals surface area contributed by atoms with E-state index in [1.54, 1.807) is 19.1 Å². The summed E-state index contributed by atoms with van der Waals surface area (Å²) in [4.78, 5) is 10.1. The fourth-order valence-corrected chi connectivity index (χ4v) is 1.55. The number of nitrogens with two attached hydrogens (primary N) is 1. The summed E-state index contributed by atoms with van der Waals surface area (Å²) in [5, 5.41) is 19.9. The van der Waals surface area contributed by atoms with Gasteiger partial charge in [0.25, 0.3) is 5.69 Å². The molecule has 0 heterocycles. The van der Waals surface area contributed by atoms with Gasteiger partial charge in [0.05, 0.1) is 21.5 Å². The Morgan fingerprint density at radius 2 is 2.12 bits per heavy atom. The van der Waals surface area contributed by atoms with Crippen molar-refractivity contribution in [3.63, 3.8) is 0 Å². The van der Waals surface area contributed by atoms with Gasteiger partial charge in [0, 0.05) is 6.07 Å². The minimum atomic E-state index is -0.745. The van der Waals surface area contributed by atoms with E-state index in [-0.39, 0.29) is 18.1 Å². The minimum Gasteiger partial charge on any atom is -0.391 e. The number of benzene rings is 1. The highest BCUT2D eigenvalue weighted by Gasteiger charge is 2.18. The zero-order chi connectivity index (χ0) is 11.6. The zero-order valence-corrected chi connectivity index (χ0v) is 10.9. The second-order valence-electron chi connectivity index (χ2n) is 3.23. The second kappa shape index (κ2) is 6.15. The number of aliphatic hydroxyl groups is 1. The van der Waals surface area contributed by atoms with Crippen molar-refractivity contribution in [2.45, 2.75) is 19.1 Å². The van der Waals surface area contributed by atoms with E-state index < -0.39 is 17.1 Å². The van der Waals surface area contributed by atoms with Crippen LogP contribution in [0, 0.1) is 10.1 Å². The monoisotopic (exact) mass is 310 g/mol. The molecular formula is C9H12BrClN2O3. The number of rotatable bonds is 3. The molecule has 0 aliphatic carbocycles. The lowest BCUT2D eigenvalue weighted by molar-refractivity contribution is -0.385. The molecule has 0 fully saturated rings. The van der Waals surface area contributed by atoms with Crippen LogP contribution in [-0.4, -0.2) is 16.1 Å². The van der Waals surface area contributed by atoms with E-state index in [1.165, 1.54) is 6.07 Å². The molecule has 1 aromatic carbocycles. The van der Waals surface area contributed by atoms with Crippen molar-refractivity contribution in [2.24, 2.45) is 5.73 Å². The molecule has 5 nitrogen and oxygen atoms in total. The zero-order valence-electron chi connectivity index (χ0n) is 8.46. The second-order valence-corrected chi connectivity index (χ2v) is 4.09. The fraction of sp³-hybridized carbons (Fsp3) is 0.333. The van der Waals surface area contributed by atoms with Gasteiger partial charge >= 0.3 is 0 Å². The first-order valence-electron chi connectivity index (χ1n) is 4.31. The molecule has 0 unspecified atom stereocenters. The number of hydrogen-bond acceptors (Lipinski definition) is 4. The predicted octanol–water partition coefficient (Wildman–Crippen LogP) is 2.16. The van der Waals surface area contributed by atoms with Crippen molar-refractivity contribution in [2.75, 3.05) is 0 Å². The van der Waals surface area contributed by atoms with Crippen LogP contribution in [-0.2, 0) is 0 Å². The third-order valence-corrected chi connectivity index (χ3v) is 2.74. The van der Waals surface area contributed by atoms with Crippen molar-refractivity contribution >= 4 is 34.0 Å². The number of nitro groups is 1. The lowest BCUT2D eigenvalue weighted by Gasteiger charge is -2.14. The summed E-state index contributed by atoms with van der Waals surface area (Å²) < 4.78 is 0.397. The lowest BCUT2D eigenvalue weighted by atomic mass is 10.0. The molecule has 0 aromatic heterocycles. The van der Waals surface area contributed by atoms with Crippen LogP contribution in [0.15, 0.2) is 22.7 Å². The number of aliphatic hydroxyl groups excluding tert-OH is 1. The standard InChI is InChI=1S/C9H11BrN2O3.ClH/c1-5(13)9(11)6-2-3-7(10)8(4-6)12(14)15;/h2-5,9,13H,11H2,1H3;1H/t5-,9-;/m1./s1. The van der Waals surface area contributed by atoms with Crippen LogP contribution >= 0.6 is 28.3 Å². The summed E-state index contributed by atoms with van der Waals surface area (Å²) >= 11 is 3.07. The molecule has 0 amide bonds. The first-order chi connectivity index (χ1) is 6.93. The highest BCUT2D eigenvalue weighted by atomic mass is 79.9. The maximum absolute atomic E-state index is 10.6. The largest absolute Gasteiger partial charge is 0.391 e. The molecule has 16 heavy (non-hydrogen) atoms. The van der Waals surface area contributed by atoms with E-state index >= 15 is 0 Å². The normalized spacial score (nSPS) is 13.8. The maximum atomic E-state index is 10.6. The van der Waals surface area contributed by atoms with Gasteiger partial charge < -0.3 is 10.8 Å². The van der Waals surface area contributed by atoms with Gasteiger partial charge in [0.15, 0.2) is 0 Å². The van der Waals surface area contributed by atoms with Crippen LogP contribution in [0.5, 0.6) is 0 Å². The van der Waals surface area contributed by atoms with Crippen molar-refractivity contribution in [1.82, 2.24) is 0 Å². The van der Waals surface area contributed by atoms with E-state index in [2.05, 4.69) is 15.9 Å². The maximum Gasteiger partial charge on any atom is 0.283 e. The molecule has 2 atom stereocenters. The number of halogens is 2. The van der Waals surface area contributed by atoms with Gasteiger partial charge in [0.1, 0.15) is 0 Å². The molecule has 7 heteroatoms. The van der Waals surface area contributed by atoms with Crippen LogP contribution < -0.4 is 5.73 Å². The van der Waals surface area contributed by atoms with Gasteiger partial charge in [-0.1, -0.05) is 6.07 Å². The average molecular weight is 312 g/mol. The Balaban J connectivity index is 0.00000225. The predicted molar refractivity (Wildman–Crippen MR) is 66.7 cm³/mol. The summed E-state index contributed by atoms with van der Waals surface area (Å²) in [6.07, 6.45) is -0.745. The average Bonchev–Trinajstić information content (AvgIpc) is 2.16. The quantitative estimate of drug-likeness (QED) is 0.661. The smallest absolute Gasteiger partial charge is 0.283 e. The van der Waals surface area contributed by atoms with Gasteiger partial charge in [-0.05, 0) is 34.5 Å². The molecule has 3 N–H and O–H groups in total. The van der Waals surface area contributed by atoms with Gasteiger partial charge in [0.2, 0.25) is 0 Å². The summed E-state index contributed by atoms with van der Waals surface area (Å²) in [7, 11) is 0. The van der Waals surface area contributed by atoms with Crippen molar-refractivity contribution < 1.29 is 10.0 Å². The lowest BCUT2D eigenvalue weighted by Crippen LogP contribution is -2.23. The molecule has 0 radical (unpaired) electrons. The molecule has 0 aliphatic heterocycles.